The monoisotopic (exact) mass is 772 g/mol. The molecule has 6 unspecified atom stereocenters. The number of rotatable bonds is 6. The first kappa shape index (κ1) is 35.6. The Morgan fingerprint density at radius 2 is 1.24 bits per heavy atom. The molecule has 292 valence electrons. The molecule has 3 saturated heterocycles. The maximum Gasteiger partial charge on any atom is 0.338 e. The van der Waals surface area contributed by atoms with Gasteiger partial charge in [0, 0.05) is 39.1 Å². The molecule has 0 bridgehead atoms. The number of ether oxygens (including phenoxy) is 6. The molecule has 11 rings (SSSR count). The molecule has 9 nitrogen and oxygen atoms in total. The Morgan fingerprint density at radius 1 is 0.638 bits per heavy atom. The lowest BCUT2D eigenvalue weighted by molar-refractivity contribution is -0.232. The molecular formula is C49H44N2O7. The predicted octanol–water partition coefficient (Wildman–Crippen LogP) is 9.08. The number of nitrogens with one attached hydrogen (secondary N) is 2. The van der Waals surface area contributed by atoms with Crippen LogP contribution in [0, 0.1) is 0 Å². The fourth-order valence-electron chi connectivity index (χ4n) is 10.1. The van der Waals surface area contributed by atoms with E-state index in [4.69, 9.17) is 28.4 Å². The zero-order valence-electron chi connectivity index (χ0n) is 32.7. The van der Waals surface area contributed by atoms with Gasteiger partial charge in [-0.05, 0) is 79.8 Å². The van der Waals surface area contributed by atoms with Gasteiger partial charge in [0.05, 0.1) is 12.2 Å². The summed E-state index contributed by atoms with van der Waals surface area (Å²) in [4.78, 5) is 22.5. The summed E-state index contributed by atoms with van der Waals surface area (Å²) in [5.41, 5.74) is 9.51. The Kier molecular flexibility index (Phi) is 7.97. The van der Waals surface area contributed by atoms with Crippen LogP contribution in [0.25, 0.3) is 21.8 Å². The molecule has 7 aromatic rings. The second-order valence-corrected chi connectivity index (χ2v) is 16.8. The molecule has 0 saturated carbocycles. The zero-order chi connectivity index (χ0) is 39.4. The third kappa shape index (κ3) is 5.38. The molecule has 5 aromatic carbocycles. The van der Waals surface area contributed by atoms with Crippen LogP contribution in [-0.2, 0) is 33.8 Å². The summed E-state index contributed by atoms with van der Waals surface area (Å²) < 4.78 is 37.3. The Bertz CT molecular complexity index is 2650. The molecular weight excluding hydrogens is 729 g/mol. The first-order valence-corrected chi connectivity index (χ1v) is 20.1. The van der Waals surface area contributed by atoms with Crippen LogP contribution in [-0.4, -0.2) is 64.8 Å². The van der Waals surface area contributed by atoms with Gasteiger partial charge in [-0.1, -0.05) is 109 Å². The molecule has 2 N–H and O–H groups in total. The summed E-state index contributed by atoms with van der Waals surface area (Å²) in [6.45, 7) is 7.67. The van der Waals surface area contributed by atoms with Crippen molar-refractivity contribution in [3.63, 3.8) is 0 Å². The van der Waals surface area contributed by atoms with Gasteiger partial charge in [0.1, 0.15) is 17.6 Å². The van der Waals surface area contributed by atoms with Crippen molar-refractivity contribution in [2.45, 2.75) is 81.3 Å². The molecule has 58 heavy (non-hydrogen) atoms. The van der Waals surface area contributed by atoms with Gasteiger partial charge in [0.15, 0.2) is 30.1 Å². The molecule has 0 radical (unpaired) electrons. The number of hydrogen-bond acceptors (Lipinski definition) is 7. The van der Waals surface area contributed by atoms with Crippen molar-refractivity contribution >= 4 is 27.8 Å². The Balaban J connectivity index is 1.11. The van der Waals surface area contributed by atoms with Crippen molar-refractivity contribution in [1.29, 1.82) is 0 Å². The van der Waals surface area contributed by atoms with Crippen molar-refractivity contribution in [3.05, 3.63) is 178 Å². The fourth-order valence-corrected chi connectivity index (χ4v) is 10.1. The first-order valence-electron chi connectivity index (χ1n) is 20.1. The van der Waals surface area contributed by atoms with Gasteiger partial charge in [-0.25, -0.2) is 4.79 Å². The Hall–Kier alpha value is -5.55. The quantitative estimate of drug-likeness (QED) is 0.163. The Labute approximate surface area is 336 Å². The third-order valence-corrected chi connectivity index (χ3v) is 12.4. The van der Waals surface area contributed by atoms with Gasteiger partial charge in [0.25, 0.3) is 0 Å². The van der Waals surface area contributed by atoms with Crippen LogP contribution >= 0.6 is 0 Å². The number of H-pyrrole nitrogens is 2. The number of aromatic nitrogens is 2. The van der Waals surface area contributed by atoms with Crippen molar-refractivity contribution in [1.82, 2.24) is 9.97 Å². The second kappa shape index (κ2) is 13.0. The highest BCUT2D eigenvalue weighted by Gasteiger charge is 2.60. The van der Waals surface area contributed by atoms with Gasteiger partial charge in [-0.2, -0.15) is 0 Å². The molecule has 5 heterocycles. The summed E-state index contributed by atoms with van der Waals surface area (Å²) in [5.74, 6) is -2.36. The molecule has 0 spiro atoms. The number of carbonyl (C=O) groups is 1. The fraction of sp³-hybridized carbons (Fsp3) is 0.286. The number of para-hydroxylation sites is 1. The van der Waals surface area contributed by atoms with E-state index in [0.717, 1.165) is 55.4 Å². The van der Waals surface area contributed by atoms with Crippen LogP contribution in [0.15, 0.2) is 133 Å². The highest BCUT2D eigenvalue weighted by atomic mass is 16.8. The lowest BCUT2D eigenvalue weighted by atomic mass is 9.61. The summed E-state index contributed by atoms with van der Waals surface area (Å²) >= 11 is 0. The maximum absolute atomic E-state index is 14.6. The predicted molar refractivity (Wildman–Crippen MR) is 219 cm³/mol. The molecule has 3 aliphatic heterocycles. The number of carbonyl (C=O) groups excluding carboxylic acids is 1. The minimum Gasteiger partial charge on any atom is -0.453 e. The smallest absolute Gasteiger partial charge is 0.338 e. The summed E-state index contributed by atoms with van der Waals surface area (Å²) in [6, 6.07) is 46.5. The lowest BCUT2D eigenvalue weighted by Gasteiger charge is -2.41. The van der Waals surface area contributed by atoms with E-state index in [1.807, 2.05) is 45.9 Å². The van der Waals surface area contributed by atoms with E-state index in [2.05, 4.69) is 125 Å². The van der Waals surface area contributed by atoms with Crippen LogP contribution in [0.2, 0.25) is 0 Å². The standard InChI is InChI=1S/C49H44N2O7/c1-47(2)53-27-36(56-47)40-41(42-46(55-40)58-48(3,4)57-42)54-45(52)29-24-25-35-33(26-29)39-37(28-16-8-5-9-17-28)38-32-22-14-15-23-34(32)50-43(38)49(44(39)51-35,30-18-10-6-11-19-30)31-20-12-7-13-21-31/h5-26,36-37,40-42,46,50-51H,27H2,1-4H3. The number of esters is 1. The summed E-state index contributed by atoms with van der Waals surface area (Å²) in [6.07, 6.45) is -3.28. The SMILES string of the molecule is CC1(C)OCC(C2OC3OC(C)(C)OC3C2OC(=O)c2ccc3[nH]c4c(c3c2)C(c2ccccc2)c2c([nH]c3ccccc23)C4(c2ccccc2)c2ccccc2)O1. The van der Waals surface area contributed by atoms with Gasteiger partial charge < -0.3 is 38.4 Å². The maximum atomic E-state index is 14.6. The van der Waals surface area contributed by atoms with Gasteiger partial charge >= 0.3 is 5.97 Å². The van der Waals surface area contributed by atoms with Gasteiger partial charge in [-0.3, -0.25) is 0 Å². The van der Waals surface area contributed by atoms with E-state index in [9.17, 15) is 4.79 Å². The average Bonchev–Trinajstić information content (AvgIpc) is 4.04. The van der Waals surface area contributed by atoms with Crippen LogP contribution in [0.4, 0.5) is 0 Å². The highest BCUT2D eigenvalue weighted by molar-refractivity contribution is 5.99. The second-order valence-electron chi connectivity index (χ2n) is 16.8. The normalized spacial score (nSPS) is 26.3. The molecule has 4 aliphatic rings. The zero-order valence-corrected chi connectivity index (χ0v) is 32.7. The lowest BCUT2D eigenvalue weighted by Crippen LogP contribution is -2.45. The van der Waals surface area contributed by atoms with Crippen molar-refractivity contribution in [3.8, 4) is 0 Å². The van der Waals surface area contributed by atoms with Crippen LogP contribution in [0.3, 0.4) is 0 Å². The van der Waals surface area contributed by atoms with E-state index in [1.165, 1.54) is 5.56 Å². The Morgan fingerprint density at radius 3 is 1.90 bits per heavy atom. The van der Waals surface area contributed by atoms with Crippen molar-refractivity contribution in [2.24, 2.45) is 0 Å². The molecule has 3 fully saturated rings. The number of benzene rings is 5. The average molecular weight is 773 g/mol. The number of aromatic amines is 2. The van der Waals surface area contributed by atoms with Crippen LogP contribution < -0.4 is 0 Å². The topological polar surface area (TPSA) is 104 Å². The van der Waals surface area contributed by atoms with Gasteiger partial charge in [-0.15, -0.1) is 0 Å². The van der Waals surface area contributed by atoms with E-state index in [-0.39, 0.29) is 12.5 Å². The molecule has 0 amide bonds. The van der Waals surface area contributed by atoms with Crippen LogP contribution in [0.5, 0.6) is 0 Å². The molecule has 6 atom stereocenters. The van der Waals surface area contributed by atoms with E-state index in [1.54, 1.807) is 0 Å². The summed E-state index contributed by atoms with van der Waals surface area (Å²) in [7, 11) is 0. The van der Waals surface area contributed by atoms with Gasteiger partial charge in [0.2, 0.25) is 0 Å². The number of fused-ring (bicyclic) bond motifs is 7. The highest BCUT2D eigenvalue weighted by Crippen LogP contribution is 2.58. The minimum absolute atomic E-state index is 0.176. The third-order valence-electron chi connectivity index (χ3n) is 12.4. The van der Waals surface area contributed by atoms with E-state index >= 15 is 0 Å². The van der Waals surface area contributed by atoms with Crippen molar-refractivity contribution < 1.29 is 33.2 Å². The van der Waals surface area contributed by atoms with E-state index < -0.39 is 53.7 Å². The first-order chi connectivity index (χ1) is 28.1. The summed E-state index contributed by atoms with van der Waals surface area (Å²) in [5, 5.41) is 2.10. The molecule has 1 aliphatic carbocycles. The van der Waals surface area contributed by atoms with Crippen LogP contribution in [0.1, 0.15) is 83.2 Å². The van der Waals surface area contributed by atoms with Crippen molar-refractivity contribution in [2.75, 3.05) is 6.61 Å². The van der Waals surface area contributed by atoms with E-state index in [0.29, 0.717) is 5.56 Å². The largest absolute Gasteiger partial charge is 0.453 e. The number of hydrogen-bond donors (Lipinski definition) is 2. The minimum atomic E-state index is -0.905. The molecule has 9 heteroatoms. The molecule has 2 aromatic heterocycles.